The van der Waals surface area contributed by atoms with Gasteiger partial charge >= 0.3 is 0 Å². The molecule has 78 valence electrons. The fraction of sp³-hybridized carbons (Fsp3) is 0.600. The van der Waals surface area contributed by atoms with E-state index in [-0.39, 0.29) is 26.1 Å². The topological polar surface area (TPSA) is 80.9 Å². The Morgan fingerprint density at radius 2 is 1.14 bits per heavy atom. The molecule has 0 aromatic carbocycles. The maximum absolute atomic E-state index is 9.01. The molecule has 4 nitrogen and oxygen atoms in total. The van der Waals surface area contributed by atoms with Gasteiger partial charge in [0.15, 0.2) is 0 Å². The van der Waals surface area contributed by atoms with Crippen molar-refractivity contribution in [1.82, 2.24) is 0 Å². The molecule has 0 rings (SSSR count). The van der Waals surface area contributed by atoms with Crippen LogP contribution in [-0.4, -0.2) is 45.8 Å². The number of hydrogen-bond acceptors (Lipinski definition) is 4. The van der Waals surface area contributed by atoms with E-state index in [0.717, 1.165) is 0 Å². The van der Waals surface area contributed by atoms with Gasteiger partial charge in [0, 0.05) is 26.1 Å². The van der Waals surface area contributed by atoms with E-state index in [1.165, 1.54) is 0 Å². The van der Waals surface area contributed by atoms with E-state index in [0.29, 0.717) is 0 Å². The first-order chi connectivity index (χ1) is 6.70. The first-order valence-corrected chi connectivity index (χ1v) is 4.29. The Labute approximate surface area is 83.2 Å². The predicted octanol–water partition coefficient (Wildman–Crippen LogP) is -1.52. The lowest BCUT2D eigenvalue weighted by Gasteiger charge is -1.96. The Kier molecular flexibility index (Phi) is 7.92. The smallest absolute Gasteiger partial charge is 0.117 e. The summed E-state index contributed by atoms with van der Waals surface area (Å²) in [6.45, 7) is -0.257. The van der Waals surface area contributed by atoms with Crippen molar-refractivity contribution in [2.45, 2.75) is 25.0 Å². The highest BCUT2D eigenvalue weighted by atomic mass is 16.3. The molecular formula is C10H14O4. The van der Waals surface area contributed by atoms with Crippen molar-refractivity contribution in [2.75, 3.05) is 13.2 Å². The average molecular weight is 198 g/mol. The Hall–Kier alpha value is -1.04. The molecule has 0 radical (unpaired) electrons. The summed E-state index contributed by atoms with van der Waals surface area (Å²) < 4.78 is 0. The van der Waals surface area contributed by atoms with E-state index >= 15 is 0 Å². The highest BCUT2D eigenvalue weighted by Gasteiger charge is 1.95. The summed E-state index contributed by atoms with van der Waals surface area (Å²) in [5.41, 5.74) is 0. The summed E-state index contributed by atoms with van der Waals surface area (Å²) in [5.74, 6) is 9.45. The van der Waals surface area contributed by atoms with Gasteiger partial charge in [0.05, 0.1) is 0 Å². The minimum Gasteiger partial charge on any atom is -0.396 e. The Balaban J connectivity index is 3.88. The molecule has 0 aliphatic carbocycles. The molecule has 0 unspecified atom stereocenters. The first kappa shape index (κ1) is 13.0. The lowest BCUT2D eigenvalue weighted by Crippen LogP contribution is -2.05. The van der Waals surface area contributed by atoms with Gasteiger partial charge in [-0.05, 0) is 11.8 Å². The van der Waals surface area contributed by atoms with Crippen molar-refractivity contribution in [2.24, 2.45) is 0 Å². The fourth-order valence-electron chi connectivity index (χ4n) is 0.628. The van der Waals surface area contributed by atoms with Crippen molar-refractivity contribution in [3.63, 3.8) is 0 Å². The fourth-order valence-corrected chi connectivity index (χ4v) is 0.628. The van der Waals surface area contributed by atoms with Crippen LogP contribution in [0.4, 0.5) is 0 Å². The lowest BCUT2D eigenvalue weighted by molar-refractivity contribution is 0.176. The molecular weight excluding hydrogens is 184 g/mol. The van der Waals surface area contributed by atoms with Gasteiger partial charge in [0.25, 0.3) is 0 Å². The zero-order chi connectivity index (χ0) is 10.8. The van der Waals surface area contributed by atoms with E-state index in [1.54, 1.807) is 0 Å². The first-order valence-electron chi connectivity index (χ1n) is 4.29. The van der Waals surface area contributed by atoms with Gasteiger partial charge in [-0.3, -0.25) is 0 Å². The number of aliphatic hydroxyl groups is 4. The van der Waals surface area contributed by atoms with Crippen LogP contribution in [0.1, 0.15) is 12.8 Å². The van der Waals surface area contributed by atoms with Crippen LogP contribution in [-0.2, 0) is 0 Å². The monoisotopic (exact) mass is 198 g/mol. The minimum absolute atomic E-state index is 0.129. The standard InChI is InChI=1S/C10H14O4/c11-7-5-9(13)3-1-2-4-10(14)6-8-12/h9-14H,5-8H2/t9-,10-/m1/s1. The van der Waals surface area contributed by atoms with Crippen LogP contribution in [0, 0.1) is 23.7 Å². The molecule has 0 amide bonds. The van der Waals surface area contributed by atoms with E-state index in [9.17, 15) is 0 Å². The molecule has 0 saturated carbocycles. The van der Waals surface area contributed by atoms with Crippen LogP contribution >= 0.6 is 0 Å². The Morgan fingerprint density at radius 3 is 1.43 bits per heavy atom. The second kappa shape index (κ2) is 8.55. The van der Waals surface area contributed by atoms with E-state index in [2.05, 4.69) is 23.7 Å². The molecule has 14 heavy (non-hydrogen) atoms. The number of hydrogen-bond donors (Lipinski definition) is 4. The molecule has 0 fully saturated rings. The van der Waals surface area contributed by atoms with Gasteiger partial charge in [-0.15, -0.1) is 0 Å². The van der Waals surface area contributed by atoms with Crippen molar-refractivity contribution < 1.29 is 20.4 Å². The molecule has 0 aliphatic rings. The number of rotatable bonds is 4. The van der Waals surface area contributed by atoms with Crippen molar-refractivity contribution in [3.05, 3.63) is 0 Å². The third-order valence-corrected chi connectivity index (χ3v) is 1.35. The largest absolute Gasteiger partial charge is 0.396 e. The van der Waals surface area contributed by atoms with Crippen LogP contribution in [0.15, 0.2) is 0 Å². The molecule has 0 aromatic rings. The van der Waals surface area contributed by atoms with Crippen LogP contribution in [0.2, 0.25) is 0 Å². The summed E-state index contributed by atoms with van der Waals surface area (Å²) in [4.78, 5) is 0. The van der Waals surface area contributed by atoms with Crippen LogP contribution in [0.3, 0.4) is 0 Å². The Bertz CT molecular complexity index is 225. The normalized spacial score (nSPS) is 13.1. The van der Waals surface area contributed by atoms with Crippen molar-refractivity contribution in [3.8, 4) is 23.7 Å². The van der Waals surface area contributed by atoms with Crippen molar-refractivity contribution in [1.29, 1.82) is 0 Å². The third-order valence-electron chi connectivity index (χ3n) is 1.35. The summed E-state index contributed by atoms with van der Waals surface area (Å²) in [5, 5.41) is 34.9. The summed E-state index contributed by atoms with van der Waals surface area (Å²) in [6, 6.07) is 0. The van der Waals surface area contributed by atoms with E-state index < -0.39 is 12.2 Å². The van der Waals surface area contributed by atoms with Crippen LogP contribution in [0.25, 0.3) is 0 Å². The molecule has 0 saturated heterocycles. The average Bonchev–Trinajstić information content (AvgIpc) is 2.13. The minimum atomic E-state index is -0.885. The quantitative estimate of drug-likeness (QED) is 0.414. The van der Waals surface area contributed by atoms with Crippen LogP contribution in [0.5, 0.6) is 0 Å². The molecule has 0 spiro atoms. The molecule has 0 aliphatic heterocycles. The Morgan fingerprint density at radius 1 is 0.786 bits per heavy atom. The zero-order valence-corrected chi connectivity index (χ0v) is 7.77. The lowest BCUT2D eigenvalue weighted by atomic mass is 10.2. The summed E-state index contributed by atoms with van der Waals surface area (Å²) >= 11 is 0. The third kappa shape index (κ3) is 7.60. The molecule has 0 aromatic heterocycles. The highest BCUT2D eigenvalue weighted by molar-refractivity contribution is 5.28. The van der Waals surface area contributed by atoms with Gasteiger partial charge in [-0.25, -0.2) is 0 Å². The molecule has 0 bridgehead atoms. The van der Waals surface area contributed by atoms with E-state index in [1.807, 2.05) is 0 Å². The maximum Gasteiger partial charge on any atom is 0.117 e. The molecule has 4 heteroatoms. The highest BCUT2D eigenvalue weighted by Crippen LogP contribution is 1.87. The maximum atomic E-state index is 9.01. The molecule has 0 heterocycles. The van der Waals surface area contributed by atoms with Gasteiger partial charge in [0.2, 0.25) is 0 Å². The zero-order valence-electron chi connectivity index (χ0n) is 7.77. The van der Waals surface area contributed by atoms with Crippen molar-refractivity contribution >= 4 is 0 Å². The SMILES string of the molecule is OCC[C@H](O)C#CC#C[C@@H](O)CCO. The second-order valence-electron chi connectivity index (χ2n) is 2.59. The van der Waals surface area contributed by atoms with Gasteiger partial charge in [-0.1, -0.05) is 11.8 Å². The molecule has 2 atom stereocenters. The van der Waals surface area contributed by atoms with Gasteiger partial charge < -0.3 is 20.4 Å². The van der Waals surface area contributed by atoms with Gasteiger partial charge in [0.1, 0.15) is 12.2 Å². The summed E-state index contributed by atoms with van der Waals surface area (Å²) in [7, 11) is 0. The predicted molar refractivity (Wildman–Crippen MR) is 51.0 cm³/mol. The number of aliphatic hydroxyl groups excluding tert-OH is 4. The second-order valence-corrected chi connectivity index (χ2v) is 2.59. The van der Waals surface area contributed by atoms with E-state index in [4.69, 9.17) is 20.4 Å². The van der Waals surface area contributed by atoms with Crippen LogP contribution < -0.4 is 0 Å². The summed E-state index contributed by atoms with van der Waals surface area (Å²) in [6.07, 6.45) is -1.39. The van der Waals surface area contributed by atoms with Gasteiger partial charge in [-0.2, -0.15) is 0 Å². The molecule has 4 N–H and O–H groups in total.